The van der Waals surface area contributed by atoms with Gasteiger partial charge in [-0.3, -0.25) is 0 Å². The zero-order chi connectivity index (χ0) is 15.1. The summed E-state index contributed by atoms with van der Waals surface area (Å²) in [4.78, 5) is 0.441. The van der Waals surface area contributed by atoms with E-state index in [1.807, 2.05) is 24.3 Å². The van der Waals surface area contributed by atoms with Gasteiger partial charge in [0.25, 0.3) is 0 Å². The van der Waals surface area contributed by atoms with Gasteiger partial charge < -0.3 is 9.47 Å². The first kappa shape index (κ1) is 15.9. The highest BCUT2D eigenvalue weighted by molar-refractivity contribution is 9.09. The maximum Gasteiger partial charge on any atom is 0.122 e. The van der Waals surface area contributed by atoms with Gasteiger partial charge in [-0.15, -0.1) is 0 Å². The standard InChI is InChI=1S/C18H21BrO2/c1-20-17-11-8-14(9-12-17)7-10-16(19)13-15-5-3-4-6-18(15)21-2/h3-6,8-9,11-12,16H,7,10,13H2,1-2H3. The topological polar surface area (TPSA) is 18.5 Å². The van der Waals surface area contributed by atoms with E-state index in [2.05, 4.69) is 40.2 Å². The Morgan fingerprint density at radius 2 is 1.67 bits per heavy atom. The molecule has 3 heteroatoms. The number of para-hydroxylation sites is 1. The van der Waals surface area contributed by atoms with Crippen molar-refractivity contribution in [2.75, 3.05) is 14.2 Å². The van der Waals surface area contributed by atoms with E-state index < -0.39 is 0 Å². The Bertz CT molecular complexity index is 551. The van der Waals surface area contributed by atoms with Gasteiger partial charge in [0, 0.05) is 4.83 Å². The van der Waals surface area contributed by atoms with Crippen LogP contribution in [0, 0.1) is 0 Å². The van der Waals surface area contributed by atoms with Gasteiger partial charge in [0.2, 0.25) is 0 Å². The highest BCUT2D eigenvalue weighted by atomic mass is 79.9. The molecule has 0 fully saturated rings. The second kappa shape index (κ2) is 8.08. The molecule has 0 saturated heterocycles. The zero-order valence-electron chi connectivity index (χ0n) is 12.5. The van der Waals surface area contributed by atoms with E-state index in [9.17, 15) is 0 Å². The van der Waals surface area contributed by atoms with Crippen LogP contribution >= 0.6 is 15.9 Å². The number of alkyl halides is 1. The SMILES string of the molecule is COc1ccc(CCC(Br)Cc2ccccc2OC)cc1. The van der Waals surface area contributed by atoms with Crippen LogP contribution in [0.4, 0.5) is 0 Å². The molecule has 0 heterocycles. The molecular formula is C18H21BrO2. The van der Waals surface area contributed by atoms with Gasteiger partial charge in [-0.25, -0.2) is 0 Å². The lowest BCUT2D eigenvalue weighted by Gasteiger charge is -2.13. The molecule has 0 radical (unpaired) electrons. The van der Waals surface area contributed by atoms with E-state index >= 15 is 0 Å². The number of aryl methyl sites for hydroxylation is 1. The van der Waals surface area contributed by atoms with Gasteiger partial charge in [-0.1, -0.05) is 46.3 Å². The Hall–Kier alpha value is -1.48. The van der Waals surface area contributed by atoms with Crippen molar-refractivity contribution >= 4 is 15.9 Å². The highest BCUT2D eigenvalue weighted by Crippen LogP contribution is 2.23. The van der Waals surface area contributed by atoms with Crippen molar-refractivity contribution in [3.63, 3.8) is 0 Å². The van der Waals surface area contributed by atoms with E-state index in [1.165, 1.54) is 11.1 Å². The fraction of sp³-hybridized carbons (Fsp3) is 0.333. The molecule has 1 unspecified atom stereocenters. The predicted molar refractivity (Wildman–Crippen MR) is 90.7 cm³/mol. The van der Waals surface area contributed by atoms with Crippen molar-refractivity contribution in [2.45, 2.75) is 24.1 Å². The van der Waals surface area contributed by atoms with Crippen LogP contribution in [0.5, 0.6) is 11.5 Å². The quantitative estimate of drug-likeness (QED) is 0.678. The molecule has 1 atom stereocenters. The van der Waals surface area contributed by atoms with E-state index in [-0.39, 0.29) is 0 Å². The number of halogens is 1. The lowest BCUT2D eigenvalue weighted by molar-refractivity contribution is 0.409. The molecule has 2 rings (SSSR count). The number of hydrogen-bond acceptors (Lipinski definition) is 2. The minimum atomic E-state index is 0.441. The van der Waals surface area contributed by atoms with Crippen LogP contribution in [-0.2, 0) is 12.8 Å². The summed E-state index contributed by atoms with van der Waals surface area (Å²) < 4.78 is 10.6. The van der Waals surface area contributed by atoms with Crippen molar-refractivity contribution in [3.05, 3.63) is 59.7 Å². The average Bonchev–Trinajstić information content (AvgIpc) is 2.54. The van der Waals surface area contributed by atoms with E-state index in [1.54, 1.807) is 14.2 Å². The van der Waals surface area contributed by atoms with Gasteiger partial charge in [-0.05, 0) is 48.6 Å². The van der Waals surface area contributed by atoms with E-state index in [0.717, 1.165) is 30.8 Å². The summed E-state index contributed by atoms with van der Waals surface area (Å²) in [5.41, 5.74) is 2.58. The molecule has 2 aromatic rings. The Kier molecular flexibility index (Phi) is 6.12. The summed E-state index contributed by atoms with van der Waals surface area (Å²) in [6.45, 7) is 0. The summed E-state index contributed by atoms with van der Waals surface area (Å²) in [7, 11) is 3.41. The van der Waals surface area contributed by atoms with E-state index in [4.69, 9.17) is 9.47 Å². The third kappa shape index (κ3) is 4.78. The maximum absolute atomic E-state index is 5.40. The van der Waals surface area contributed by atoms with Crippen LogP contribution in [0.15, 0.2) is 48.5 Å². The number of methoxy groups -OCH3 is 2. The first-order valence-corrected chi connectivity index (χ1v) is 8.03. The monoisotopic (exact) mass is 348 g/mol. The van der Waals surface area contributed by atoms with Crippen molar-refractivity contribution in [3.8, 4) is 11.5 Å². The summed E-state index contributed by atoms with van der Waals surface area (Å²) >= 11 is 3.78. The average molecular weight is 349 g/mol. The Balaban J connectivity index is 1.87. The molecule has 0 bridgehead atoms. The summed E-state index contributed by atoms with van der Waals surface area (Å²) in [5.74, 6) is 1.87. The number of benzene rings is 2. The van der Waals surface area contributed by atoms with Crippen molar-refractivity contribution < 1.29 is 9.47 Å². The molecule has 112 valence electrons. The number of rotatable bonds is 7. The largest absolute Gasteiger partial charge is 0.497 e. The second-order valence-electron chi connectivity index (χ2n) is 5.00. The molecule has 0 spiro atoms. The third-order valence-corrected chi connectivity index (χ3v) is 4.32. The Morgan fingerprint density at radius 1 is 0.952 bits per heavy atom. The van der Waals surface area contributed by atoms with Crippen LogP contribution < -0.4 is 9.47 Å². The summed E-state index contributed by atoms with van der Waals surface area (Å²) in [6.07, 6.45) is 3.11. The Labute approximate surface area is 135 Å². The second-order valence-corrected chi connectivity index (χ2v) is 6.29. The highest BCUT2D eigenvalue weighted by Gasteiger charge is 2.09. The summed E-state index contributed by atoms with van der Waals surface area (Å²) in [5, 5.41) is 0. The molecular weight excluding hydrogens is 328 g/mol. The lowest BCUT2D eigenvalue weighted by atomic mass is 10.0. The molecule has 0 amide bonds. The maximum atomic E-state index is 5.40. The molecule has 2 aromatic carbocycles. The third-order valence-electron chi connectivity index (χ3n) is 3.54. The van der Waals surface area contributed by atoms with Gasteiger partial charge in [0.15, 0.2) is 0 Å². The van der Waals surface area contributed by atoms with Gasteiger partial charge in [-0.2, -0.15) is 0 Å². The van der Waals surface area contributed by atoms with Gasteiger partial charge >= 0.3 is 0 Å². The minimum absolute atomic E-state index is 0.441. The predicted octanol–water partition coefficient (Wildman–Crippen LogP) is 4.64. The minimum Gasteiger partial charge on any atom is -0.497 e. The van der Waals surface area contributed by atoms with Crippen LogP contribution in [0.25, 0.3) is 0 Å². The van der Waals surface area contributed by atoms with Crippen LogP contribution in [0.2, 0.25) is 0 Å². The fourth-order valence-corrected chi connectivity index (χ4v) is 2.91. The first-order valence-electron chi connectivity index (χ1n) is 7.12. The lowest BCUT2D eigenvalue weighted by Crippen LogP contribution is -2.06. The molecule has 21 heavy (non-hydrogen) atoms. The van der Waals surface area contributed by atoms with Gasteiger partial charge in [0.1, 0.15) is 11.5 Å². The summed E-state index contributed by atoms with van der Waals surface area (Å²) in [6, 6.07) is 16.5. The molecule has 0 aliphatic rings. The van der Waals surface area contributed by atoms with Crippen molar-refractivity contribution in [2.24, 2.45) is 0 Å². The first-order chi connectivity index (χ1) is 10.2. The van der Waals surface area contributed by atoms with Crippen molar-refractivity contribution in [1.82, 2.24) is 0 Å². The fourth-order valence-electron chi connectivity index (χ4n) is 2.33. The van der Waals surface area contributed by atoms with E-state index in [0.29, 0.717) is 4.83 Å². The van der Waals surface area contributed by atoms with Gasteiger partial charge in [0.05, 0.1) is 14.2 Å². The molecule has 0 N–H and O–H groups in total. The molecule has 0 aliphatic carbocycles. The zero-order valence-corrected chi connectivity index (χ0v) is 14.1. The molecule has 0 saturated carbocycles. The van der Waals surface area contributed by atoms with Crippen LogP contribution in [0.1, 0.15) is 17.5 Å². The Morgan fingerprint density at radius 3 is 2.33 bits per heavy atom. The van der Waals surface area contributed by atoms with Crippen molar-refractivity contribution in [1.29, 1.82) is 0 Å². The number of ether oxygens (including phenoxy) is 2. The van der Waals surface area contributed by atoms with Crippen LogP contribution in [0.3, 0.4) is 0 Å². The smallest absolute Gasteiger partial charge is 0.122 e. The normalized spacial score (nSPS) is 12.0. The van der Waals surface area contributed by atoms with Crippen LogP contribution in [-0.4, -0.2) is 19.0 Å². The number of hydrogen-bond donors (Lipinski definition) is 0. The molecule has 0 aliphatic heterocycles. The molecule has 0 aromatic heterocycles. The molecule has 2 nitrogen and oxygen atoms in total.